The van der Waals surface area contributed by atoms with Gasteiger partial charge in [0.2, 0.25) is 5.91 Å². The molecular weight excluding hydrogens is 270 g/mol. The number of anilines is 3. The van der Waals surface area contributed by atoms with Gasteiger partial charge in [-0.3, -0.25) is 4.79 Å². The van der Waals surface area contributed by atoms with Crippen LogP contribution >= 0.6 is 0 Å². The number of aliphatic hydroxyl groups is 1. The van der Waals surface area contributed by atoms with Crippen LogP contribution in [-0.2, 0) is 4.79 Å². The topological polar surface area (TPSA) is 109 Å². The minimum atomic E-state index is -0.333. The largest absolute Gasteiger partial charge is 0.396 e. The van der Waals surface area contributed by atoms with E-state index in [1.165, 1.54) is 0 Å². The van der Waals surface area contributed by atoms with Crippen LogP contribution in [0.15, 0.2) is 12.1 Å². The average molecular weight is 291 g/mol. The van der Waals surface area contributed by atoms with Gasteiger partial charge in [-0.15, -0.1) is 0 Å². The number of hydrogen-bond donors (Lipinski definition) is 3. The Morgan fingerprint density at radius 2 is 2.14 bits per heavy atom. The molecule has 0 aliphatic carbocycles. The van der Waals surface area contributed by atoms with Crippen molar-refractivity contribution >= 4 is 23.2 Å². The Hall–Kier alpha value is -2.02. The number of carbonyl (C=O) groups excluding carboxylic acids is 1. The van der Waals surface area contributed by atoms with E-state index in [9.17, 15) is 9.90 Å². The van der Waals surface area contributed by atoms with Gasteiger partial charge < -0.3 is 26.4 Å². The fourth-order valence-corrected chi connectivity index (χ4v) is 3.13. The van der Waals surface area contributed by atoms with Crippen LogP contribution in [0, 0.1) is 0 Å². The summed E-state index contributed by atoms with van der Waals surface area (Å²) in [5.74, 6) is 1.09. The van der Waals surface area contributed by atoms with Crippen LogP contribution < -0.4 is 21.3 Å². The summed E-state index contributed by atoms with van der Waals surface area (Å²) in [6.45, 7) is 2.05. The Bertz CT molecular complexity index is 550. The molecule has 2 unspecified atom stereocenters. The third kappa shape index (κ3) is 2.61. The standard InChI is InChI=1S/C14H21N5O2/c15-10-3-4-12(19-6-1-2-11(19)13(16)21)17-14(10)18-7-5-9(20)8-18/h3-4,9,11,20H,1-2,5-8,15H2,(H2,16,21). The van der Waals surface area contributed by atoms with Crippen molar-refractivity contribution in [1.29, 1.82) is 0 Å². The fraction of sp³-hybridized carbons (Fsp3) is 0.571. The van der Waals surface area contributed by atoms with Crippen LogP contribution in [0.1, 0.15) is 19.3 Å². The van der Waals surface area contributed by atoms with Gasteiger partial charge in [0, 0.05) is 19.6 Å². The zero-order valence-corrected chi connectivity index (χ0v) is 11.9. The van der Waals surface area contributed by atoms with Crippen LogP contribution in [0.2, 0.25) is 0 Å². The first-order chi connectivity index (χ1) is 10.1. The van der Waals surface area contributed by atoms with E-state index in [1.807, 2.05) is 15.9 Å². The quantitative estimate of drug-likeness (QED) is 0.705. The Labute approximate surface area is 123 Å². The van der Waals surface area contributed by atoms with Crippen molar-refractivity contribution in [3.8, 4) is 0 Å². The lowest BCUT2D eigenvalue weighted by Gasteiger charge is -2.26. The van der Waals surface area contributed by atoms with Crippen LogP contribution in [0.5, 0.6) is 0 Å². The lowest BCUT2D eigenvalue weighted by Crippen LogP contribution is -2.41. The lowest BCUT2D eigenvalue weighted by molar-refractivity contribution is -0.119. The number of pyridine rings is 1. The van der Waals surface area contributed by atoms with Crippen LogP contribution in [0.4, 0.5) is 17.3 Å². The second-order valence-corrected chi connectivity index (χ2v) is 5.72. The number of aromatic nitrogens is 1. The summed E-state index contributed by atoms with van der Waals surface area (Å²) in [5.41, 5.74) is 12.1. The van der Waals surface area contributed by atoms with Crippen molar-refractivity contribution in [2.45, 2.75) is 31.4 Å². The SMILES string of the molecule is NC(=O)C1CCCN1c1ccc(N)c(N2CCC(O)C2)n1. The molecule has 5 N–H and O–H groups in total. The van der Waals surface area contributed by atoms with Crippen LogP contribution in [0.25, 0.3) is 0 Å². The van der Waals surface area contributed by atoms with E-state index < -0.39 is 0 Å². The number of hydrogen-bond acceptors (Lipinski definition) is 6. The molecule has 7 nitrogen and oxygen atoms in total. The van der Waals surface area contributed by atoms with Gasteiger partial charge in [-0.25, -0.2) is 4.98 Å². The number of aliphatic hydroxyl groups excluding tert-OH is 1. The molecule has 7 heteroatoms. The Morgan fingerprint density at radius 1 is 1.33 bits per heavy atom. The number of rotatable bonds is 3. The maximum absolute atomic E-state index is 11.5. The summed E-state index contributed by atoms with van der Waals surface area (Å²) in [6, 6.07) is 3.34. The molecule has 2 fully saturated rings. The predicted octanol–water partition coefficient (Wildman–Crippen LogP) is -0.311. The number of amides is 1. The van der Waals surface area contributed by atoms with Gasteiger partial charge in [-0.2, -0.15) is 0 Å². The molecule has 1 aromatic rings. The molecule has 0 saturated carbocycles. The number of carbonyl (C=O) groups is 1. The van der Waals surface area contributed by atoms with Gasteiger partial charge in [-0.05, 0) is 31.4 Å². The Morgan fingerprint density at radius 3 is 2.81 bits per heavy atom. The molecule has 114 valence electrons. The van der Waals surface area contributed by atoms with E-state index in [0.717, 1.165) is 38.2 Å². The van der Waals surface area contributed by atoms with E-state index in [0.29, 0.717) is 18.1 Å². The predicted molar refractivity (Wildman–Crippen MR) is 81.0 cm³/mol. The molecule has 0 spiro atoms. The summed E-state index contributed by atoms with van der Waals surface area (Å²) in [7, 11) is 0. The maximum atomic E-state index is 11.5. The van der Waals surface area contributed by atoms with Gasteiger partial charge in [0.05, 0.1) is 11.8 Å². The molecule has 0 aromatic carbocycles. The Balaban J connectivity index is 1.88. The first-order valence-electron chi connectivity index (χ1n) is 7.32. The van der Waals surface area contributed by atoms with Crippen molar-refractivity contribution in [3.05, 3.63) is 12.1 Å². The van der Waals surface area contributed by atoms with E-state index in [-0.39, 0.29) is 18.1 Å². The zero-order valence-electron chi connectivity index (χ0n) is 11.9. The van der Waals surface area contributed by atoms with Gasteiger partial charge in [-0.1, -0.05) is 0 Å². The minimum Gasteiger partial charge on any atom is -0.396 e. The summed E-state index contributed by atoms with van der Waals surface area (Å²) >= 11 is 0. The highest BCUT2D eigenvalue weighted by Crippen LogP contribution is 2.30. The first kappa shape index (κ1) is 13.9. The highest BCUT2D eigenvalue weighted by Gasteiger charge is 2.31. The molecule has 0 bridgehead atoms. The molecular formula is C14H21N5O2. The van der Waals surface area contributed by atoms with Crippen molar-refractivity contribution in [2.24, 2.45) is 5.73 Å². The zero-order chi connectivity index (χ0) is 15.0. The molecule has 3 heterocycles. The van der Waals surface area contributed by atoms with E-state index in [2.05, 4.69) is 4.98 Å². The highest BCUT2D eigenvalue weighted by molar-refractivity contribution is 5.84. The maximum Gasteiger partial charge on any atom is 0.240 e. The molecule has 1 aromatic heterocycles. The van der Waals surface area contributed by atoms with E-state index in [4.69, 9.17) is 11.5 Å². The number of primary amides is 1. The number of β-amino-alcohol motifs (C(OH)–C–C–N with tert-alkyl or cyclic N) is 1. The number of nitrogen functional groups attached to an aromatic ring is 1. The summed E-state index contributed by atoms with van der Waals surface area (Å²) in [6.07, 6.45) is 2.08. The van der Waals surface area contributed by atoms with Crippen molar-refractivity contribution < 1.29 is 9.90 Å². The summed E-state index contributed by atoms with van der Waals surface area (Å²) in [5, 5.41) is 9.67. The van der Waals surface area contributed by atoms with E-state index in [1.54, 1.807) is 6.07 Å². The molecule has 0 radical (unpaired) electrons. The monoisotopic (exact) mass is 291 g/mol. The van der Waals surface area contributed by atoms with Crippen molar-refractivity contribution in [1.82, 2.24) is 4.98 Å². The van der Waals surface area contributed by atoms with Gasteiger partial charge in [0.15, 0.2) is 5.82 Å². The molecule has 1 amide bonds. The van der Waals surface area contributed by atoms with Gasteiger partial charge >= 0.3 is 0 Å². The second-order valence-electron chi connectivity index (χ2n) is 5.72. The molecule has 2 saturated heterocycles. The third-order valence-corrected chi connectivity index (χ3v) is 4.23. The highest BCUT2D eigenvalue weighted by atomic mass is 16.3. The van der Waals surface area contributed by atoms with Gasteiger partial charge in [0.1, 0.15) is 11.9 Å². The average Bonchev–Trinajstić information content (AvgIpc) is 3.08. The third-order valence-electron chi connectivity index (χ3n) is 4.23. The molecule has 2 aliphatic heterocycles. The van der Waals surface area contributed by atoms with Crippen LogP contribution in [0.3, 0.4) is 0 Å². The second kappa shape index (κ2) is 5.40. The van der Waals surface area contributed by atoms with E-state index >= 15 is 0 Å². The number of nitrogens with zero attached hydrogens (tertiary/aromatic N) is 3. The van der Waals surface area contributed by atoms with Gasteiger partial charge in [0.25, 0.3) is 0 Å². The van der Waals surface area contributed by atoms with Crippen LogP contribution in [-0.4, -0.2) is 47.8 Å². The van der Waals surface area contributed by atoms with Crippen molar-refractivity contribution in [3.63, 3.8) is 0 Å². The Kier molecular flexibility index (Phi) is 3.59. The smallest absolute Gasteiger partial charge is 0.240 e. The molecule has 2 aliphatic rings. The number of nitrogens with two attached hydrogens (primary N) is 2. The minimum absolute atomic E-state index is 0.293. The summed E-state index contributed by atoms with van der Waals surface area (Å²) in [4.78, 5) is 20.1. The van der Waals surface area contributed by atoms with Crippen molar-refractivity contribution in [2.75, 3.05) is 35.2 Å². The lowest BCUT2D eigenvalue weighted by atomic mass is 10.2. The molecule has 21 heavy (non-hydrogen) atoms. The normalized spacial score (nSPS) is 25.6. The molecule has 3 rings (SSSR count). The fourth-order valence-electron chi connectivity index (χ4n) is 3.13. The first-order valence-corrected chi connectivity index (χ1v) is 7.32. The summed E-state index contributed by atoms with van der Waals surface area (Å²) < 4.78 is 0. The molecule has 2 atom stereocenters.